The molecule has 0 aliphatic heterocycles. The lowest BCUT2D eigenvalue weighted by Crippen LogP contribution is -2.14. The van der Waals surface area contributed by atoms with E-state index >= 15 is 0 Å². The van der Waals surface area contributed by atoms with Crippen LogP contribution >= 0.6 is 15.9 Å². The van der Waals surface area contributed by atoms with Gasteiger partial charge in [0, 0.05) is 21.8 Å². The highest BCUT2D eigenvalue weighted by atomic mass is 79.9. The summed E-state index contributed by atoms with van der Waals surface area (Å²) < 4.78 is 20.4. The van der Waals surface area contributed by atoms with Crippen LogP contribution in [0.2, 0.25) is 0 Å². The van der Waals surface area contributed by atoms with Crippen molar-refractivity contribution in [3.8, 4) is 5.75 Å². The lowest BCUT2D eigenvalue weighted by Gasteiger charge is -2.14. The largest absolute Gasteiger partial charge is 0.490 e. The monoisotopic (exact) mass is 353 g/mol. The summed E-state index contributed by atoms with van der Waals surface area (Å²) in [5, 5.41) is 10.1. The molecule has 21 heavy (non-hydrogen) atoms. The molecule has 0 amide bonds. The maximum atomic E-state index is 13.8. The van der Waals surface area contributed by atoms with E-state index in [0.717, 1.165) is 20.9 Å². The molecular weight excluding hydrogens is 337 g/mol. The summed E-state index contributed by atoms with van der Waals surface area (Å²) in [6.07, 6.45) is 2.85. The number of nitrogens with zero attached hydrogens (tertiary/aromatic N) is 3. The van der Waals surface area contributed by atoms with E-state index in [1.54, 1.807) is 6.20 Å². The predicted octanol–water partition coefficient (Wildman–Crippen LogP) is 3.33. The summed E-state index contributed by atoms with van der Waals surface area (Å²) in [6, 6.07) is 3.85. The molecule has 3 rings (SSSR count). The van der Waals surface area contributed by atoms with Crippen molar-refractivity contribution in [1.82, 2.24) is 15.1 Å². The van der Waals surface area contributed by atoms with Gasteiger partial charge in [-0.15, -0.1) is 0 Å². The molecule has 2 aromatic rings. The molecular formula is C15H17BrFN3O. The molecule has 6 heteroatoms. The highest BCUT2D eigenvalue weighted by molar-refractivity contribution is 9.10. The van der Waals surface area contributed by atoms with Crippen LogP contribution in [-0.2, 0) is 6.54 Å². The van der Waals surface area contributed by atoms with Gasteiger partial charge in [-0.1, -0.05) is 15.9 Å². The van der Waals surface area contributed by atoms with E-state index in [1.165, 1.54) is 0 Å². The van der Waals surface area contributed by atoms with Crippen molar-refractivity contribution in [3.05, 3.63) is 28.5 Å². The Labute approximate surface area is 131 Å². The van der Waals surface area contributed by atoms with Gasteiger partial charge in [0.25, 0.3) is 0 Å². The van der Waals surface area contributed by atoms with Crippen molar-refractivity contribution in [3.63, 3.8) is 0 Å². The fourth-order valence-corrected chi connectivity index (χ4v) is 2.63. The van der Waals surface area contributed by atoms with Crippen LogP contribution in [0.25, 0.3) is 10.8 Å². The third-order valence-corrected chi connectivity index (χ3v) is 3.99. The van der Waals surface area contributed by atoms with Gasteiger partial charge in [-0.3, -0.25) is 0 Å². The maximum Gasteiger partial charge on any atom is 0.145 e. The van der Waals surface area contributed by atoms with E-state index in [9.17, 15) is 4.39 Å². The van der Waals surface area contributed by atoms with E-state index in [-0.39, 0.29) is 6.61 Å². The lowest BCUT2D eigenvalue weighted by molar-refractivity contribution is 0.179. The first-order chi connectivity index (χ1) is 9.97. The normalized spacial score (nSPS) is 16.4. The molecule has 1 aliphatic rings. The van der Waals surface area contributed by atoms with Crippen LogP contribution in [0.4, 0.5) is 4.39 Å². The second kappa shape index (κ2) is 5.50. The van der Waals surface area contributed by atoms with Gasteiger partial charge in [-0.2, -0.15) is 10.2 Å². The number of rotatable bonds is 5. The maximum absolute atomic E-state index is 13.8. The summed E-state index contributed by atoms with van der Waals surface area (Å²) in [5.74, 6) is 0.651. The first-order valence-corrected chi connectivity index (χ1v) is 7.66. The molecule has 1 heterocycles. The number of hydrogen-bond acceptors (Lipinski definition) is 4. The molecule has 112 valence electrons. The second-order valence-corrected chi connectivity index (χ2v) is 6.75. The van der Waals surface area contributed by atoms with Crippen LogP contribution in [0.5, 0.6) is 5.75 Å². The van der Waals surface area contributed by atoms with Crippen LogP contribution in [0, 0.1) is 0 Å². The Hall–Kier alpha value is -1.27. The van der Waals surface area contributed by atoms with E-state index < -0.39 is 5.67 Å². The minimum absolute atomic E-state index is 0.101. The highest BCUT2D eigenvalue weighted by Crippen LogP contribution is 2.41. The Bertz CT molecular complexity index is 673. The smallest absolute Gasteiger partial charge is 0.145 e. The molecule has 0 atom stereocenters. The van der Waals surface area contributed by atoms with Crippen LogP contribution in [0.1, 0.15) is 18.5 Å². The Morgan fingerprint density at radius 1 is 1.33 bits per heavy atom. The molecule has 0 radical (unpaired) electrons. The molecule has 1 saturated carbocycles. The van der Waals surface area contributed by atoms with Crippen molar-refractivity contribution in [1.29, 1.82) is 0 Å². The van der Waals surface area contributed by atoms with Crippen molar-refractivity contribution in [2.24, 2.45) is 0 Å². The first kappa shape index (κ1) is 14.7. The minimum Gasteiger partial charge on any atom is -0.490 e. The summed E-state index contributed by atoms with van der Waals surface area (Å²) in [6.45, 7) is 0.789. The number of hydrogen-bond donors (Lipinski definition) is 0. The topological polar surface area (TPSA) is 38.2 Å². The van der Waals surface area contributed by atoms with Crippen LogP contribution < -0.4 is 4.74 Å². The SMILES string of the molecule is CN(C)Cc1nncc2c(OCC3(F)CC3)cc(Br)cc12. The predicted molar refractivity (Wildman–Crippen MR) is 83.2 cm³/mol. The first-order valence-electron chi connectivity index (χ1n) is 6.87. The third-order valence-electron chi connectivity index (χ3n) is 3.53. The number of fused-ring (bicyclic) bond motifs is 1. The molecule has 1 aliphatic carbocycles. The van der Waals surface area contributed by atoms with E-state index in [1.807, 2.05) is 31.1 Å². The lowest BCUT2D eigenvalue weighted by atomic mass is 10.1. The fourth-order valence-electron chi connectivity index (χ4n) is 2.20. The molecule has 0 N–H and O–H groups in total. The van der Waals surface area contributed by atoms with E-state index in [0.29, 0.717) is 25.1 Å². The quantitative estimate of drug-likeness (QED) is 0.826. The van der Waals surface area contributed by atoms with Gasteiger partial charge in [0.1, 0.15) is 18.0 Å². The molecule has 1 aromatic carbocycles. The van der Waals surface area contributed by atoms with Crippen molar-refractivity contribution < 1.29 is 9.13 Å². The zero-order valence-electron chi connectivity index (χ0n) is 12.1. The van der Waals surface area contributed by atoms with Crippen LogP contribution in [-0.4, -0.2) is 41.5 Å². The number of halogens is 2. The molecule has 0 unspecified atom stereocenters. The number of aromatic nitrogens is 2. The summed E-state index contributed by atoms with van der Waals surface area (Å²) in [4.78, 5) is 2.03. The van der Waals surface area contributed by atoms with Crippen LogP contribution in [0.3, 0.4) is 0 Å². The summed E-state index contributed by atoms with van der Waals surface area (Å²) >= 11 is 3.48. The molecule has 1 fully saturated rings. The zero-order valence-corrected chi connectivity index (χ0v) is 13.7. The molecule has 0 bridgehead atoms. The van der Waals surface area contributed by atoms with Crippen molar-refractivity contribution in [2.45, 2.75) is 25.1 Å². The molecule has 0 saturated heterocycles. The number of ether oxygens (including phenoxy) is 1. The summed E-state index contributed by atoms with van der Waals surface area (Å²) in [7, 11) is 3.96. The minimum atomic E-state index is -1.14. The Morgan fingerprint density at radius 3 is 2.76 bits per heavy atom. The standard InChI is InChI=1S/C15H17BrFN3O/c1-20(2)8-13-11-5-10(16)6-14(12(11)7-18-19-13)21-9-15(17)3-4-15/h5-7H,3-4,8-9H2,1-2H3. The van der Waals surface area contributed by atoms with Crippen LogP contribution in [0.15, 0.2) is 22.8 Å². The average molecular weight is 354 g/mol. The zero-order chi connectivity index (χ0) is 15.0. The van der Waals surface area contributed by atoms with Gasteiger partial charge in [-0.25, -0.2) is 4.39 Å². The fraction of sp³-hybridized carbons (Fsp3) is 0.467. The van der Waals surface area contributed by atoms with Gasteiger partial charge >= 0.3 is 0 Å². The second-order valence-electron chi connectivity index (χ2n) is 5.83. The number of benzene rings is 1. The Kier molecular flexibility index (Phi) is 3.84. The molecule has 0 spiro atoms. The Balaban J connectivity index is 1.99. The van der Waals surface area contributed by atoms with Gasteiger partial charge in [0.05, 0.1) is 11.9 Å². The van der Waals surface area contributed by atoms with Gasteiger partial charge < -0.3 is 9.64 Å². The third kappa shape index (κ3) is 3.32. The van der Waals surface area contributed by atoms with E-state index in [2.05, 4.69) is 26.1 Å². The van der Waals surface area contributed by atoms with Gasteiger partial charge in [-0.05, 0) is 39.1 Å². The highest BCUT2D eigenvalue weighted by Gasteiger charge is 2.44. The van der Waals surface area contributed by atoms with Crippen molar-refractivity contribution >= 4 is 26.7 Å². The van der Waals surface area contributed by atoms with Gasteiger partial charge in [0.2, 0.25) is 0 Å². The molecule has 1 aromatic heterocycles. The van der Waals surface area contributed by atoms with Gasteiger partial charge in [0.15, 0.2) is 0 Å². The summed E-state index contributed by atoms with van der Waals surface area (Å²) in [5.41, 5.74) is -0.258. The number of alkyl halides is 1. The average Bonchev–Trinajstić information content (AvgIpc) is 3.15. The van der Waals surface area contributed by atoms with Crippen molar-refractivity contribution in [2.75, 3.05) is 20.7 Å². The van der Waals surface area contributed by atoms with E-state index in [4.69, 9.17) is 4.74 Å². The molecule has 4 nitrogen and oxygen atoms in total. The Morgan fingerprint density at radius 2 is 2.10 bits per heavy atom.